The van der Waals surface area contributed by atoms with E-state index in [0.717, 1.165) is 23.1 Å². The number of amides is 2. The molecule has 0 aliphatic rings. The van der Waals surface area contributed by atoms with Gasteiger partial charge in [0.2, 0.25) is 5.91 Å². The predicted octanol–water partition coefficient (Wildman–Crippen LogP) is 2.63. The number of likely N-dealkylation sites (N-methyl/N-ethyl adjacent to an activating group) is 1. The lowest BCUT2D eigenvalue weighted by molar-refractivity contribution is -0.148. The minimum Gasteiger partial charge on any atom is -0.452 e. The first-order chi connectivity index (χ1) is 12.8. The van der Waals surface area contributed by atoms with Gasteiger partial charge in [-0.2, -0.15) is 13.2 Å². The summed E-state index contributed by atoms with van der Waals surface area (Å²) >= 11 is 0. The van der Waals surface area contributed by atoms with Crippen LogP contribution in [-0.2, 0) is 25.3 Å². The molecule has 1 aromatic rings. The molecule has 1 aromatic carbocycles. The molecule has 9 heteroatoms. The Morgan fingerprint density at radius 2 is 1.68 bits per heavy atom. The molecule has 0 aliphatic carbocycles. The van der Waals surface area contributed by atoms with Crippen LogP contribution in [0.15, 0.2) is 30.3 Å². The van der Waals surface area contributed by atoms with Gasteiger partial charge in [-0.3, -0.25) is 9.59 Å². The number of alkyl halides is 3. The van der Waals surface area contributed by atoms with E-state index >= 15 is 0 Å². The van der Waals surface area contributed by atoms with Gasteiger partial charge in [-0.15, -0.1) is 0 Å². The fourth-order valence-corrected chi connectivity index (χ4v) is 2.00. The highest BCUT2D eigenvalue weighted by atomic mass is 19.4. The molecule has 6 nitrogen and oxygen atoms in total. The summed E-state index contributed by atoms with van der Waals surface area (Å²) in [7, 11) is 1.40. The summed E-state index contributed by atoms with van der Waals surface area (Å²) in [6, 6.07) is 4.21. The Morgan fingerprint density at radius 1 is 1.11 bits per heavy atom. The van der Waals surface area contributed by atoms with E-state index in [-0.39, 0.29) is 12.5 Å². The second kappa shape index (κ2) is 9.38. The van der Waals surface area contributed by atoms with Gasteiger partial charge in [-0.25, -0.2) is 4.79 Å². The number of hydrogen-bond donors (Lipinski definition) is 1. The Morgan fingerprint density at radius 3 is 2.18 bits per heavy atom. The Balaban J connectivity index is 2.47. The van der Waals surface area contributed by atoms with Gasteiger partial charge < -0.3 is 15.0 Å². The molecule has 0 bridgehead atoms. The predicted molar refractivity (Wildman–Crippen MR) is 97.0 cm³/mol. The second-order valence-electron chi connectivity index (χ2n) is 7.11. The molecule has 0 spiro atoms. The highest BCUT2D eigenvalue weighted by Crippen LogP contribution is 2.29. The molecule has 0 radical (unpaired) electrons. The SMILES string of the molecule is CN(CC(=O)NC(C)(C)C)C(=O)COC(=O)/C=C/c1ccc(C(F)(F)F)cc1. The summed E-state index contributed by atoms with van der Waals surface area (Å²) in [6.45, 7) is 4.66. The van der Waals surface area contributed by atoms with Crippen LogP contribution in [0.4, 0.5) is 13.2 Å². The molecule has 28 heavy (non-hydrogen) atoms. The number of carbonyl (C=O) groups excluding carboxylic acids is 3. The van der Waals surface area contributed by atoms with E-state index in [1.165, 1.54) is 25.3 Å². The molecular weight excluding hydrogens is 377 g/mol. The standard InChI is InChI=1S/C19H23F3N2O4/c1-18(2,3)23-15(25)11-24(4)16(26)12-28-17(27)10-7-13-5-8-14(9-6-13)19(20,21)22/h5-10H,11-12H2,1-4H3,(H,23,25)/b10-7+. The minimum absolute atomic E-state index is 0.185. The summed E-state index contributed by atoms with van der Waals surface area (Å²) in [4.78, 5) is 36.4. The van der Waals surface area contributed by atoms with Crippen LogP contribution in [0.5, 0.6) is 0 Å². The Hall–Kier alpha value is -2.84. The van der Waals surface area contributed by atoms with Crippen LogP contribution in [0.25, 0.3) is 6.08 Å². The highest BCUT2D eigenvalue weighted by molar-refractivity contribution is 5.90. The first kappa shape index (κ1) is 23.2. The molecule has 0 saturated carbocycles. The van der Waals surface area contributed by atoms with Crippen molar-refractivity contribution in [3.05, 3.63) is 41.5 Å². The quantitative estimate of drug-likeness (QED) is 0.588. The zero-order valence-electron chi connectivity index (χ0n) is 16.1. The number of ether oxygens (including phenoxy) is 1. The Kier molecular flexibility index (Phi) is 7.78. The number of hydrogen-bond acceptors (Lipinski definition) is 4. The fourth-order valence-electron chi connectivity index (χ4n) is 2.00. The summed E-state index contributed by atoms with van der Waals surface area (Å²) < 4.78 is 42.2. The van der Waals surface area contributed by atoms with Crippen LogP contribution in [0.2, 0.25) is 0 Å². The molecule has 0 aromatic heterocycles. The lowest BCUT2D eigenvalue weighted by Crippen LogP contribution is -2.46. The number of carbonyl (C=O) groups is 3. The Labute approximate surface area is 161 Å². The van der Waals surface area contributed by atoms with Crippen molar-refractivity contribution in [1.29, 1.82) is 0 Å². The lowest BCUT2D eigenvalue weighted by Gasteiger charge is -2.23. The number of nitrogens with zero attached hydrogens (tertiary/aromatic N) is 1. The maximum absolute atomic E-state index is 12.5. The van der Waals surface area contributed by atoms with E-state index < -0.39 is 35.8 Å². The molecule has 0 atom stereocenters. The molecule has 0 fully saturated rings. The molecule has 1 rings (SSSR count). The van der Waals surface area contributed by atoms with Crippen molar-refractivity contribution >= 4 is 23.9 Å². The number of halogens is 3. The molecule has 1 N–H and O–H groups in total. The van der Waals surface area contributed by atoms with Crippen molar-refractivity contribution in [2.45, 2.75) is 32.5 Å². The van der Waals surface area contributed by atoms with Gasteiger partial charge in [0.1, 0.15) is 0 Å². The zero-order valence-corrected chi connectivity index (χ0v) is 16.1. The average molecular weight is 400 g/mol. The van der Waals surface area contributed by atoms with E-state index in [1.807, 2.05) is 0 Å². The smallest absolute Gasteiger partial charge is 0.416 e. The summed E-state index contributed by atoms with van der Waals surface area (Å²) in [5, 5.41) is 2.70. The normalized spacial score (nSPS) is 12.0. The van der Waals surface area contributed by atoms with Crippen LogP contribution >= 0.6 is 0 Å². The first-order valence-corrected chi connectivity index (χ1v) is 8.35. The first-order valence-electron chi connectivity index (χ1n) is 8.35. The topological polar surface area (TPSA) is 75.7 Å². The van der Waals surface area contributed by atoms with Gasteiger partial charge in [0, 0.05) is 18.7 Å². The highest BCUT2D eigenvalue weighted by Gasteiger charge is 2.29. The molecule has 2 amide bonds. The van der Waals surface area contributed by atoms with Crippen LogP contribution in [0, 0.1) is 0 Å². The van der Waals surface area contributed by atoms with Crippen LogP contribution in [0.3, 0.4) is 0 Å². The van der Waals surface area contributed by atoms with Crippen molar-refractivity contribution in [1.82, 2.24) is 10.2 Å². The summed E-state index contributed by atoms with van der Waals surface area (Å²) in [5.41, 5.74) is -0.861. The zero-order chi connectivity index (χ0) is 21.5. The Bertz CT molecular complexity index is 735. The third kappa shape index (κ3) is 8.70. The van der Waals surface area contributed by atoms with E-state index in [1.54, 1.807) is 20.8 Å². The third-order valence-corrected chi connectivity index (χ3v) is 3.31. The molecule has 0 unspecified atom stereocenters. The third-order valence-electron chi connectivity index (χ3n) is 3.31. The molecule has 0 saturated heterocycles. The van der Waals surface area contributed by atoms with E-state index in [9.17, 15) is 27.6 Å². The monoisotopic (exact) mass is 400 g/mol. The van der Waals surface area contributed by atoms with Crippen molar-refractivity contribution in [3.8, 4) is 0 Å². The minimum atomic E-state index is -4.43. The van der Waals surface area contributed by atoms with Crippen molar-refractivity contribution in [3.63, 3.8) is 0 Å². The molecule has 0 aliphatic heterocycles. The second-order valence-corrected chi connectivity index (χ2v) is 7.11. The van der Waals surface area contributed by atoms with Crippen LogP contribution in [-0.4, -0.2) is 48.4 Å². The van der Waals surface area contributed by atoms with Gasteiger partial charge >= 0.3 is 12.1 Å². The largest absolute Gasteiger partial charge is 0.452 e. The van der Waals surface area contributed by atoms with Gasteiger partial charge in [-0.05, 0) is 44.5 Å². The van der Waals surface area contributed by atoms with Gasteiger partial charge in [0.15, 0.2) is 6.61 Å². The molecular formula is C19H23F3N2O4. The van der Waals surface area contributed by atoms with E-state index in [4.69, 9.17) is 4.74 Å². The maximum atomic E-state index is 12.5. The number of benzene rings is 1. The maximum Gasteiger partial charge on any atom is 0.416 e. The number of nitrogens with one attached hydrogen (secondary N) is 1. The van der Waals surface area contributed by atoms with E-state index in [0.29, 0.717) is 5.56 Å². The number of rotatable bonds is 6. The van der Waals surface area contributed by atoms with Crippen molar-refractivity contribution in [2.24, 2.45) is 0 Å². The van der Waals surface area contributed by atoms with Gasteiger partial charge in [0.25, 0.3) is 5.91 Å². The summed E-state index contributed by atoms with van der Waals surface area (Å²) in [5.74, 6) is -1.75. The van der Waals surface area contributed by atoms with Crippen molar-refractivity contribution in [2.75, 3.05) is 20.2 Å². The van der Waals surface area contributed by atoms with Crippen molar-refractivity contribution < 1.29 is 32.3 Å². The van der Waals surface area contributed by atoms with Gasteiger partial charge in [-0.1, -0.05) is 12.1 Å². The van der Waals surface area contributed by atoms with Crippen LogP contribution < -0.4 is 5.32 Å². The number of esters is 1. The van der Waals surface area contributed by atoms with Gasteiger partial charge in [0.05, 0.1) is 12.1 Å². The van der Waals surface area contributed by atoms with E-state index in [2.05, 4.69) is 5.32 Å². The molecule has 0 heterocycles. The average Bonchev–Trinajstić information content (AvgIpc) is 2.55. The fraction of sp³-hybridized carbons (Fsp3) is 0.421. The molecule has 154 valence electrons. The summed E-state index contributed by atoms with van der Waals surface area (Å²) in [6.07, 6.45) is -2.16. The lowest BCUT2D eigenvalue weighted by atomic mass is 10.1. The van der Waals surface area contributed by atoms with Crippen LogP contribution in [0.1, 0.15) is 31.9 Å².